The van der Waals surface area contributed by atoms with Gasteiger partial charge in [-0.1, -0.05) is 0 Å². The summed E-state index contributed by atoms with van der Waals surface area (Å²) >= 11 is 0. The zero-order valence-corrected chi connectivity index (χ0v) is 17.3. The molecule has 1 aromatic carbocycles. The molecule has 0 saturated carbocycles. The highest BCUT2D eigenvalue weighted by atomic mass is 32.2. The molecule has 0 spiro atoms. The summed E-state index contributed by atoms with van der Waals surface area (Å²) in [4.78, 5) is 2.19. The molecule has 3 atom stereocenters. The Morgan fingerprint density at radius 1 is 1.25 bits per heavy atom. The standard InChI is InChI=1S/C20H29N3O4S/c1-3-23-12-16(11-21-23)20-15-28(25)10-9-22(20)13-17(24)14-27-19-7-5-18(6-8-19)26-4-2/h5-8,11-12,17,20,24H,3-4,9-10,13-15H2,1-2H3/t17-,20-,28-/m1/s1. The Morgan fingerprint density at radius 2 is 1.96 bits per heavy atom. The lowest BCUT2D eigenvalue weighted by atomic mass is 10.1. The minimum absolute atomic E-state index is 0.00927. The summed E-state index contributed by atoms with van der Waals surface area (Å²) < 4.78 is 25.1. The van der Waals surface area contributed by atoms with Gasteiger partial charge in [-0.2, -0.15) is 5.10 Å². The summed E-state index contributed by atoms with van der Waals surface area (Å²) in [5, 5.41) is 14.8. The maximum atomic E-state index is 12.1. The fraction of sp³-hybridized carbons (Fsp3) is 0.550. The van der Waals surface area contributed by atoms with Crippen LogP contribution < -0.4 is 9.47 Å². The van der Waals surface area contributed by atoms with Crippen molar-refractivity contribution in [1.29, 1.82) is 0 Å². The minimum atomic E-state index is -0.840. The number of nitrogens with zero attached hydrogens (tertiary/aromatic N) is 3. The van der Waals surface area contributed by atoms with Crippen LogP contribution in [0.2, 0.25) is 0 Å². The molecule has 0 unspecified atom stereocenters. The summed E-state index contributed by atoms with van der Waals surface area (Å²) in [6, 6.07) is 7.39. The van der Waals surface area contributed by atoms with E-state index in [2.05, 4.69) is 10.00 Å². The van der Waals surface area contributed by atoms with E-state index in [1.807, 2.05) is 55.2 Å². The molecule has 2 heterocycles. The topological polar surface area (TPSA) is 76.8 Å². The number of hydrogen-bond acceptors (Lipinski definition) is 6. The van der Waals surface area contributed by atoms with Gasteiger partial charge < -0.3 is 14.6 Å². The molecule has 1 aromatic heterocycles. The Bertz CT molecular complexity index is 765. The first-order valence-corrected chi connectivity index (χ1v) is 11.2. The fourth-order valence-electron chi connectivity index (χ4n) is 3.30. The first kappa shape index (κ1) is 20.8. The molecule has 2 aromatic rings. The van der Waals surface area contributed by atoms with E-state index in [0.717, 1.165) is 17.9 Å². The average molecular weight is 408 g/mol. The van der Waals surface area contributed by atoms with Crippen molar-refractivity contribution in [1.82, 2.24) is 14.7 Å². The Balaban J connectivity index is 1.56. The molecule has 0 bridgehead atoms. The molecular weight excluding hydrogens is 378 g/mol. The fourth-order valence-corrected chi connectivity index (χ4v) is 4.66. The van der Waals surface area contributed by atoms with Crippen LogP contribution in [0.5, 0.6) is 11.5 Å². The number of ether oxygens (including phenoxy) is 2. The summed E-state index contributed by atoms with van der Waals surface area (Å²) in [7, 11) is -0.840. The third-order valence-corrected chi connectivity index (χ3v) is 6.10. The smallest absolute Gasteiger partial charge is 0.119 e. The highest BCUT2D eigenvalue weighted by Crippen LogP contribution is 2.25. The quantitative estimate of drug-likeness (QED) is 0.684. The van der Waals surface area contributed by atoms with Crippen molar-refractivity contribution >= 4 is 10.8 Å². The minimum Gasteiger partial charge on any atom is -0.494 e. The third kappa shape index (κ3) is 5.56. The summed E-state index contributed by atoms with van der Waals surface area (Å²) in [6.07, 6.45) is 3.21. The second-order valence-electron chi connectivity index (χ2n) is 6.82. The molecule has 0 amide bonds. The lowest BCUT2D eigenvalue weighted by Gasteiger charge is -2.35. The Kier molecular flexibility index (Phi) is 7.47. The summed E-state index contributed by atoms with van der Waals surface area (Å²) in [5.41, 5.74) is 1.05. The number of benzene rings is 1. The number of β-amino-alcohol motifs (C(OH)–C–C–N with tert-alkyl or cyclic N) is 1. The van der Waals surface area contributed by atoms with Crippen molar-refractivity contribution in [3.05, 3.63) is 42.2 Å². The molecule has 154 valence electrons. The first-order chi connectivity index (χ1) is 13.6. The molecule has 1 aliphatic rings. The highest BCUT2D eigenvalue weighted by molar-refractivity contribution is 7.85. The molecule has 28 heavy (non-hydrogen) atoms. The van der Waals surface area contributed by atoms with Crippen molar-refractivity contribution in [2.75, 3.05) is 37.8 Å². The van der Waals surface area contributed by atoms with Gasteiger partial charge in [-0.25, -0.2) is 0 Å². The second kappa shape index (κ2) is 10.0. The van der Waals surface area contributed by atoms with Gasteiger partial charge in [0.15, 0.2) is 0 Å². The molecule has 3 rings (SSSR count). The molecule has 0 aliphatic carbocycles. The van der Waals surface area contributed by atoms with Crippen molar-refractivity contribution in [2.45, 2.75) is 32.5 Å². The first-order valence-electron chi connectivity index (χ1n) is 9.74. The summed E-state index contributed by atoms with van der Waals surface area (Å²) in [6.45, 7) is 6.76. The molecule has 8 heteroatoms. The number of aryl methyl sites for hydroxylation is 1. The normalized spacial score (nSPS) is 21.4. The van der Waals surface area contributed by atoms with Crippen LogP contribution in [0, 0.1) is 0 Å². The zero-order chi connectivity index (χ0) is 19.9. The van der Waals surface area contributed by atoms with Crippen LogP contribution in [0.1, 0.15) is 25.5 Å². The van der Waals surface area contributed by atoms with E-state index in [1.165, 1.54) is 0 Å². The zero-order valence-electron chi connectivity index (χ0n) is 16.5. The Labute approximate surface area is 168 Å². The molecular formula is C20H29N3O4S. The lowest BCUT2D eigenvalue weighted by molar-refractivity contribution is 0.0562. The van der Waals surface area contributed by atoms with Crippen LogP contribution in [-0.4, -0.2) is 67.9 Å². The SMILES string of the molecule is CCOc1ccc(OC[C@H](O)CN2CC[S@@](=O)C[C@@H]2c2cnn(CC)c2)cc1. The van der Waals surface area contributed by atoms with Gasteiger partial charge in [-0.05, 0) is 38.1 Å². The van der Waals surface area contributed by atoms with Gasteiger partial charge in [0, 0.05) is 59.7 Å². The predicted octanol–water partition coefficient (Wildman–Crippen LogP) is 1.85. The molecule has 1 saturated heterocycles. The predicted molar refractivity (Wildman–Crippen MR) is 109 cm³/mol. The molecule has 1 fully saturated rings. The summed E-state index contributed by atoms with van der Waals surface area (Å²) in [5.74, 6) is 2.70. The highest BCUT2D eigenvalue weighted by Gasteiger charge is 2.30. The van der Waals surface area contributed by atoms with E-state index in [-0.39, 0.29) is 12.6 Å². The van der Waals surface area contributed by atoms with Gasteiger partial charge in [0.05, 0.1) is 12.8 Å². The molecule has 0 radical (unpaired) electrons. The van der Waals surface area contributed by atoms with Crippen molar-refractivity contribution < 1.29 is 18.8 Å². The van der Waals surface area contributed by atoms with E-state index in [0.29, 0.717) is 37.0 Å². The number of aromatic nitrogens is 2. The number of aliphatic hydroxyl groups excluding tert-OH is 1. The number of hydrogen-bond donors (Lipinski definition) is 1. The Morgan fingerprint density at radius 3 is 2.61 bits per heavy atom. The van der Waals surface area contributed by atoms with Gasteiger partial charge >= 0.3 is 0 Å². The number of rotatable bonds is 9. The molecule has 7 nitrogen and oxygen atoms in total. The van der Waals surface area contributed by atoms with Crippen LogP contribution in [0.25, 0.3) is 0 Å². The van der Waals surface area contributed by atoms with Crippen molar-refractivity contribution in [3.63, 3.8) is 0 Å². The maximum Gasteiger partial charge on any atom is 0.119 e. The van der Waals surface area contributed by atoms with Crippen LogP contribution in [0.4, 0.5) is 0 Å². The largest absolute Gasteiger partial charge is 0.494 e. The van der Waals surface area contributed by atoms with E-state index < -0.39 is 16.9 Å². The number of aliphatic hydroxyl groups is 1. The van der Waals surface area contributed by atoms with Gasteiger partial charge in [0.25, 0.3) is 0 Å². The van der Waals surface area contributed by atoms with Gasteiger partial charge in [0.1, 0.15) is 24.2 Å². The van der Waals surface area contributed by atoms with E-state index in [4.69, 9.17) is 9.47 Å². The van der Waals surface area contributed by atoms with Crippen molar-refractivity contribution in [3.8, 4) is 11.5 Å². The van der Waals surface area contributed by atoms with Gasteiger partial charge in [-0.3, -0.25) is 13.8 Å². The Hall–Kier alpha value is -1.90. The molecule has 1 aliphatic heterocycles. The van der Waals surface area contributed by atoms with Crippen LogP contribution in [0.3, 0.4) is 0 Å². The van der Waals surface area contributed by atoms with E-state index in [1.54, 1.807) is 0 Å². The van der Waals surface area contributed by atoms with E-state index in [9.17, 15) is 9.32 Å². The average Bonchev–Trinajstić information content (AvgIpc) is 3.18. The van der Waals surface area contributed by atoms with E-state index >= 15 is 0 Å². The van der Waals surface area contributed by atoms with Crippen molar-refractivity contribution in [2.24, 2.45) is 0 Å². The van der Waals surface area contributed by atoms with Crippen LogP contribution >= 0.6 is 0 Å². The van der Waals surface area contributed by atoms with Gasteiger partial charge in [0.2, 0.25) is 0 Å². The van der Waals surface area contributed by atoms with Gasteiger partial charge in [-0.15, -0.1) is 0 Å². The second-order valence-corrected chi connectivity index (χ2v) is 8.44. The third-order valence-electron chi connectivity index (χ3n) is 4.78. The van der Waals surface area contributed by atoms with Crippen LogP contribution in [0.15, 0.2) is 36.7 Å². The molecule has 1 N–H and O–H groups in total. The lowest BCUT2D eigenvalue weighted by Crippen LogP contribution is -2.45. The monoisotopic (exact) mass is 407 g/mol. The van der Waals surface area contributed by atoms with Crippen LogP contribution in [-0.2, 0) is 17.3 Å². The maximum absolute atomic E-state index is 12.1.